The standard InChI is InChI=1S/C13H14BrNO3S/c1-7-9(6-19-3-2-15)8-4-10(14)11(16)5-12(8)18-13(7)17/h4-5,16H,2-3,6,15H2,1H3. The van der Waals surface area contributed by atoms with Crippen LogP contribution in [0.5, 0.6) is 5.75 Å². The molecule has 0 fully saturated rings. The predicted molar refractivity (Wildman–Crippen MR) is 81.8 cm³/mol. The number of hydrogen-bond donors (Lipinski definition) is 2. The van der Waals surface area contributed by atoms with E-state index in [9.17, 15) is 9.90 Å². The highest BCUT2D eigenvalue weighted by atomic mass is 79.9. The second-order valence-electron chi connectivity index (χ2n) is 4.13. The summed E-state index contributed by atoms with van der Waals surface area (Å²) >= 11 is 4.95. The molecule has 0 bridgehead atoms. The highest BCUT2D eigenvalue weighted by molar-refractivity contribution is 9.10. The van der Waals surface area contributed by atoms with Gasteiger partial charge in [-0.15, -0.1) is 0 Å². The van der Waals surface area contributed by atoms with Crippen LogP contribution in [0.4, 0.5) is 0 Å². The Bertz CT molecular complexity index is 669. The third-order valence-electron chi connectivity index (χ3n) is 2.84. The average molecular weight is 344 g/mol. The maximum absolute atomic E-state index is 11.8. The first-order valence-corrected chi connectivity index (χ1v) is 7.72. The Morgan fingerprint density at radius 3 is 2.89 bits per heavy atom. The molecule has 1 heterocycles. The SMILES string of the molecule is Cc1c(CSCCN)c2cc(Br)c(O)cc2oc1=O. The van der Waals surface area contributed by atoms with Crippen LogP contribution in [0, 0.1) is 6.92 Å². The van der Waals surface area contributed by atoms with E-state index in [-0.39, 0.29) is 11.4 Å². The number of aromatic hydroxyl groups is 1. The average Bonchev–Trinajstić information content (AvgIpc) is 2.37. The van der Waals surface area contributed by atoms with Crippen molar-refractivity contribution in [2.45, 2.75) is 12.7 Å². The van der Waals surface area contributed by atoms with Crippen molar-refractivity contribution in [3.05, 3.63) is 38.2 Å². The van der Waals surface area contributed by atoms with Crippen molar-refractivity contribution in [1.29, 1.82) is 0 Å². The van der Waals surface area contributed by atoms with E-state index in [0.29, 0.717) is 27.9 Å². The summed E-state index contributed by atoms with van der Waals surface area (Å²) in [5.41, 5.74) is 7.06. The number of rotatable bonds is 4. The summed E-state index contributed by atoms with van der Waals surface area (Å²) in [4.78, 5) is 11.8. The van der Waals surface area contributed by atoms with Gasteiger partial charge in [-0.2, -0.15) is 11.8 Å². The molecule has 0 spiro atoms. The van der Waals surface area contributed by atoms with Gasteiger partial charge in [0.15, 0.2) is 0 Å². The smallest absolute Gasteiger partial charge is 0.339 e. The molecule has 0 saturated heterocycles. The monoisotopic (exact) mass is 343 g/mol. The highest BCUT2D eigenvalue weighted by Crippen LogP contribution is 2.32. The molecule has 4 nitrogen and oxygen atoms in total. The second kappa shape index (κ2) is 5.98. The van der Waals surface area contributed by atoms with Crippen molar-refractivity contribution < 1.29 is 9.52 Å². The Hall–Kier alpha value is -0.980. The lowest BCUT2D eigenvalue weighted by molar-refractivity contribution is 0.469. The van der Waals surface area contributed by atoms with Gasteiger partial charge in [-0.05, 0) is 34.5 Å². The third kappa shape index (κ3) is 2.96. The fourth-order valence-electron chi connectivity index (χ4n) is 1.81. The maximum atomic E-state index is 11.8. The maximum Gasteiger partial charge on any atom is 0.339 e. The summed E-state index contributed by atoms with van der Waals surface area (Å²) in [7, 11) is 0. The molecule has 0 aliphatic heterocycles. The summed E-state index contributed by atoms with van der Waals surface area (Å²) in [6, 6.07) is 3.23. The predicted octanol–water partition coefficient (Wildman–Crippen LogP) is 2.76. The molecule has 2 aromatic rings. The van der Waals surface area contributed by atoms with Crippen LogP contribution in [0.1, 0.15) is 11.1 Å². The largest absolute Gasteiger partial charge is 0.507 e. The third-order valence-corrected chi connectivity index (χ3v) is 4.50. The van der Waals surface area contributed by atoms with Crippen molar-refractivity contribution in [3.63, 3.8) is 0 Å². The number of fused-ring (bicyclic) bond motifs is 1. The molecule has 0 amide bonds. The lowest BCUT2D eigenvalue weighted by atomic mass is 10.1. The van der Waals surface area contributed by atoms with E-state index in [0.717, 1.165) is 16.7 Å². The Morgan fingerprint density at radius 1 is 1.47 bits per heavy atom. The van der Waals surface area contributed by atoms with Crippen LogP contribution in [-0.2, 0) is 5.75 Å². The van der Waals surface area contributed by atoms with E-state index in [1.165, 1.54) is 6.07 Å². The fourth-order valence-corrected chi connectivity index (χ4v) is 3.04. The first-order chi connectivity index (χ1) is 9.04. The van der Waals surface area contributed by atoms with Crippen molar-refractivity contribution in [2.24, 2.45) is 5.73 Å². The number of phenolic OH excluding ortho intramolecular Hbond substituents is 1. The normalized spacial score (nSPS) is 11.1. The van der Waals surface area contributed by atoms with Gasteiger partial charge in [0.25, 0.3) is 0 Å². The van der Waals surface area contributed by atoms with Crippen LogP contribution in [0.15, 0.2) is 25.8 Å². The zero-order valence-electron chi connectivity index (χ0n) is 10.4. The van der Waals surface area contributed by atoms with Gasteiger partial charge in [0.05, 0.1) is 4.47 Å². The first-order valence-electron chi connectivity index (χ1n) is 5.77. The summed E-state index contributed by atoms with van der Waals surface area (Å²) in [5.74, 6) is 1.59. The lowest BCUT2D eigenvalue weighted by Gasteiger charge is -2.09. The van der Waals surface area contributed by atoms with Gasteiger partial charge in [-0.1, -0.05) is 0 Å². The number of benzene rings is 1. The molecule has 3 N–H and O–H groups in total. The number of halogens is 1. The van der Waals surface area contributed by atoms with Crippen LogP contribution in [0.2, 0.25) is 0 Å². The van der Waals surface area contributed by atoms with Gasteiger partial charge in [-0.3, -0.25) is 0 Å². The molecule has 0 saturated carbocycles. The minimum Gasteiger partial charge on any atom is -0.507 e. The van der Waals surface area contributed by atoms with Crippen molar-refractivity contribution in [1.82, 2.24) is 0 Å². The van der Waals surface area contributed by atoms with Gasteiger partial charge in [-0.25, -0.2) is 4.79 Å². The van der Waals surface area contributed by atoms with E-state index in [1.807, 2.05) is 0 Å². The van der Waals surface area contributed by atoms with Gasteiger partial charge in [0.1, 0.15) is 11.3 Å². The molecule has 102 valence electrons. The Balaban J connectivity index is 2.61. The van der Waals surface area contributed by atoms with Gasteiger partial charge >= 0.3 is 5.63 Å². The van der Waals surface area contributed by atoms with Crippen LogP contribution in [0.25, 0.3) is 11.0 Å². The summed E-state index contributed by atoms with van der Waals surface area (Å²) < 4.78 is 5.79. The molecule has 19 heavy (non-hydrogen) atoms. The Labute approximate surface area is 123 Å². The molecule has 0 atom stereocenters. The molecule has 1 aromatic heterocycles. The molecule has 6 heteroatoms. The Morgan fingerprint density at radius 2 is 2.21 bits per heavy atom. The quantitative estimate of drug-likeness (QED) is 0.659. The van der Waals surface area contributed by atoms with E-state index in [1.54, 1.807) is 24.8 Å². The minimum absolute atomic E-state index is 0.0556. The van der Waals surface area contributed by atoms with E-state index >= 15 is 0 Å². The lowest BCUT2D eigenvalue weighted by Crippen LogP contribution is -2.08. The molecule has 0 radical (unpaired) electrons. The fraction of sp³-hybridized carbons (Fsp3) is 0.308. The summed E-state index contributed by atoms with van der Waals surface area (Å²) in [6.45, 7) is 2.36. The molecule has 0 aliphatic carbocycles. The summed E-state index contributed by atoms with van der Waals surface area (Å²) in [5, 5.41) is 10.5. The zero-order valence-corrected chi connectivity index (χ0v) is 12.8. The van der Waals surface area contributed by atoms with Crippen molar-refractivity contribution >= 4 is 38.7 Å². The van der Waals surface area contributed by atoms with Crippen molar-refractivity contribution in [2.75, 3.05) is 12.3 Å². The zero-order chi connectivity index (χ0) is 14.0. The number of nitrogens with two attached hydrogens (primary N) is 1. The van der Waals surface area contributed by atoms with E-state index in [4.69, 9.17) is 10.2 Å². The van der Waals surface area contributed by atoms with E-state index in [2.05, 4.69) is 15.9 Å². The van der Waals surface area contributed by atoms with Gasteiger partial charge in [0.2, 0.25) is 0 Å². The highest BCUT2D eigenvalue weighted by Gasteiger charge is 2.13. The molecule has 0 unspecified atom stereocenters. The number of hydrogen-bond acceptors (Lipinski definition) is 5. The van der Waals surface area contributed by atoms with Gasteiger partial charge < -0.3 is 15.3 Å². The van der Waals surface area contributed by atoms with Crippen LogP contribution >= 0.6 is 27.7 Å². The topological polar surface area (TPSA) is 76.5 Å². The first kappa shape index (κ1) is 14.4. The second-order valence-corrected chi connectivity index (χ2v) is 6.09. The molecular weight excluding hydrogens is 330 g/mol. The van der Waals surface area contributed by atoms with Crippen LogP contribution in [0.3, 0.4) is 0 Å². The minimum atomic E-state index is -0.363. The molecule has 2 rings (SSSR count). The van der Waals surface area contributed by atoms with Gasteiger partial charge in [0, 0.05) is 35.1 Å². The van der Waals surface area contributed by atoms with E-state index < -0.39 is 0 Å². The van der Waals surface area contributed by atoms with Crippen LogP contribution in [-0.4, -0.2) is 17.4 Å². The molecule has 1 aromatic carbocycles. The molecular formula is C13H14BrNO3S. The number of thioether (sulfide) groups is 1. The summed E-state index contributed by atoms with van der Waals surface area (Å²) in [6.07, 6.45) is 0. The molecule has 0 aliphatic rings. The van der Waals surface area contributed by atoms with Crippen LogP contribution < -0.4 is 11.4 Å². The Kier molecular flexibility index (Phi) is 4.54. The van der Waals surface area contributed by atoms with Crippen molar-refractivity contribution in [3.8, 4) is 5.75 Å². The number of phenols is 1.